The van der Waals surface area contributed by atoms with Crippen LogP contribution >= 0.6 is 0 Å². The van der Waals surface area contributed by atoms with Crippen LogP contribution in [0.25, 0.3) is 61.3 Å². The molecule has 0 saturated carbocycles. The molecule has 11 rings (SSSR count). The van der Waals surface area contributed by atoms with Crippen molar-refractivity contribution in [1.82, 2.24) is 9.13 Å². The van der Waals surface area contributed by atoms with Crippen LogP contribution in [0.3, 0.4) is 0 Å². The molecule has 0 radical (unpaired) electrons. The van der Waals surface area contributed by atoms with E-state index in [4.69, 9.17) is 0 Å². The van der Waals surface area contributed by atoms with Gasteiger partial charge in [-0.05, 0) is 98.0 Å². The zero-order valence-corrected chi connectivity index (χ0v) is 31.1. The molecule has 3 heterocycles. The van der Waals surface area contributed by atoms with Crippen molar-refractivity contribution in [3.63, 3.8) is 0 Å². The quantitative estimate of drug-likeness (QED) is 0.163. The van der Waals surface area contributed by atoms with E-state index < -0.39 is 0 Å². The third-order valence-electron chi connectivity index (χ3n) is 12.5. The van der Waals surface area contributed by atoms with Crippen molar-refractivity contribution in [1.29, 1.82) is 0 Å². The molecule has 0 fully saturated rings. The standard InChI is InChI=1S/C51H41BN2/c1-32-28-33(2)50(34(3)29-32)52-42-19-11-13-21-46(42)54-44-20-12-10-18-40(44)49-47(27-25-43(52)51(49)54)53-45-26-23-37(35-14-6-4-7-15-35)30-41(45)39-24-22-38(31-48(39)53)36-16-8-5-9-17-36/h4,6-8,10-30,38H,5,9,31H2,1-3H3. The van der Waals surface area contributed by atoms with Gasteiger partial charge in [-0.15, -0.1) is 0 Å². The molecular formula is C51H41BN2. The second-order valence-corrected chi connectivity index (χ2v) is 15.7. The van der Waals surface area contributed by atoms with Crippen molar-refractivity contribution in [3.05, 3.63) is 179 Å². The predicted octanol–water partition coefficient (Wildman–Crippen LogP) is 10.6. The number of aromatic nitrogens is 2. The fourth-order valence-corrected chi connectivity index (χ4v) is 10.3. The Morgan fingerprint density at radius 2 is 1.39 bits per heavy atom. The number of aryl methyl sites for hydroxylation is 3. The maximum absolute atomic E-state index is 2.64. The molecule has 8 aromatic rings. The summed E-state index contributed by atoms with van der Waals surface area (Å²) < 4.78 is 5.21. The van der Waals surface area contributed by atoms with Crippen molar-refractivity contribution < 1.29 is 0 Å². The Morgan fingerprint density at radius 3 is 2.22 bits per heavy atom. The summed E-state index contributed by atoms with van der Waals surface area (Å²) in [6, 6.07) is 45.8. The van der Waals surface area contributed by atoms with Gasteiger partial charge in [-0.2, -0.15) is 0 Å². The van der Waals surface area contributed by atoms with Crippen molar-refractivity contribution >= 4 is 61.9 Å². The molecule has 1 atom stereocenters. The van der Waals surface area contributed by atoms with Gasteiger partial charge >= 0.3 is 0 Å². The molecule has 0 spiro atoms. The van der Waals surface area contributed by atoms with Gasteiger partial charge in [0.05, 0.1) is 22.2 Å². The van der Waals surface area contributed by atoms with Gasteiger partial charge in [0.2, 0.25) is 6.71 Å². The van der Waals surface area contributed by atoms with Crippen LogP contribution in [0.5, 0.6) is 0 Å². The fraction of sp³-hybridized carbons (Fsp3) is 0.137. The van der Waals surface area contributed by atoms with Crippen LogP contribution in [0.15, 0.2) is 151 Å². The van der Waals surface area contributed by atoms with E-state index in [9.17, 15) is 0 Å². The number of para-hydroxylation sites is 2. The average molecular weight is 693 g/mol. The summed E-state index contributed by atoms with van der Waals surface area (Å²) in [5.74, 6) is 0.351. The van der Waals surface area contributed by atoms with Crippen LogP contribution in [-0.2, 0) is 6.42 Å². The van der Waals surface area contributed by atoms with E-state index in [1.54, 1.807) is 0 Å². The van der Waals surface area contributed by atoms with E-state index in [2.05, 4.69) is 182 Å². The number of allylic oxidation sites excluding steroid dienone is 5. The summed E-state index contributed by atoms with van der Waals surface area (Å²) in [6.07, 6.45) is 15.3. The summed E-state index contributed by atoms with van der Waals surface area (Å²) in [4.78, 5) is 0. The summed E-state index contributed by atoms with van der Waals surface area (Å²) in [6.45, 7) is 6.96. The highest BCUT2D eigenvalue weighted by Gasteiger charge is 2.36. The highest BCUT2D eigenvalue weighted by Crippen LogP contribution is 2.43. The van der Waals surface area contributed by atoms with Crippen LogP contribution in [0, 0.1) is 26.7 Å². The third kappa shape index (κ3) is 4.54. The number of benzene rings is 6. The Labute approximate surface area is 317 Å². The van der Waals surface area contributed by atoms with Crippen LogP contribution in [0.1, 0.15) is 40.8 Å². The van der Waals surface area contributed by atoms with E-state index in [-0.39, 0.29) is 6.71 Å². The summed E-state index contributed by atoms with van der Waals surface area (Å²) in [5.41, 5.74) is 21.3. The maximum Gasteiger partial charge on any atom is 0.247 e. The van der Waals surface area contributed by atoms with E-state index in [1.165, 1.54) is 105 Å². The van der Waals surface area contributed by atoms with Gasteiger partial charge < -0.3 is 9.13 Å². The molecule has 0 N–H and O–H groups in total. The number of fused-ring (bicyclic) bond motifs is 8. The van der Waals surface area contributed by atoms with Crippen molar-refractivity contribution in [2.45, 2.75) is 40.0 Å². The van der Waals surface area contributed by atoms with Crippen LogP contribution < -0.4 is 16.4 Å². The molecule has 258 valence electrons. The zero-order valence-electron chi connectivity index (χ0n) is 31.1. The number of rotatable bonds is 4. The first-order valence-corrected chi connectivity index (χ1v) is 19.6. The number of hydrogen-bond acceptors (Lipinski definition) is 0. The van der Waals surface area contributed by atoms with Crippen molar-refractivity contribution in [2.75, 3.05) is 0 Å². The summed E-state index contributed by atoms with van der Waals surface area (Å²) in [5, 5.41) is 3.95. The van der Waals surface area contributed by atoms with Gasteiger partial charge in [0.1, 0.15) is 0 Å². The minimum Gasteiger partial charge on any atom is -0.312 e. The molecule has 0 saturated heterocycles. The van der Waals surface area contributed by atoms with Gasteiger partial charge in [-0.3, -0.25) is 0 Å². The molecule has 6 aromatic carbocycles. The van der Waals surface area contributed by atoms with Gasteiger partial charge in [0.25, 0.3) is 0 Å². The average Bonchev–Trinajstić information content (AvgIpc) is 3.73. The molecule has 0 amide bonds. The Kier molecular flexibility index (Phi) is 6.98. The molecule has 2 nitrogen and oxygen atoms in total. The molecule has 0 bridgehead atoms. The van der Waals surface area contributed by atoms with Gasteiger partial charge in [0, 0.05) is 39.0 Å². The first-order valence-electron chi connectivity index (χ1n) is 19.6. The zero-order chi connectivity index (χ0) is 36.1. The van der Waals surface area contributed by atoms with E-state index in [0.717, 1.165) is 19.3 Å². The molecular weight excluding hydrogens is 651 g/mol. The number of nitrogens with zero attached hydrogens (tertiary/aromatic N) is 2. The Hall–Kier alpha value is -6.06. The monoisotopic (exact) mass is 692 g/mol. The van der Waals surface area contributed by atoms with Gasteiger partial charge in [-0.25, -0.2) is 0 Å². The van der Waals surface area contributed by atoms with Crippen LogP contribution in [-0.4, -0.2) is 15.8 Å². The van der Waals surface area contributed by atoms with E-state index >= 15 is 0 Å². The largest absolute Gasteiger partial charge is 0.312 e. The lowest BCUT2D eigenvalue weighted by molar-refractivity contribution is 0.722. The second kappa shape index (κ2) is 12.0. The van der Waals surface area contributed by atoms with Crippen LogP contribution in [0.2, 0.25) is 0 Å². The molecule has 3 aliphatic rings. The lowest BCUT2D eigenvalue weighted by Crippen LogP contribution is -2.57. The topological polar surface area (TPSA) is 9.86 Å². The van der Waals surface area contributed by atoms with Crippen LogP contribution in [0.4, 0.5) is 0 Å². The lowest BCUT2D eigenvalue weighted by atomic mass is 9.34. The SMILES string of the molecule is Cc1cc(C)c(B2c3ccccc3-n3c4ccccc4c4c(-n5c6c(c7cc(-c8ccccc8)ccc75)C=CC(C5=CCCC=C5)C6)ccc2c43)c(C)c1. The van der Waals surface area contributed by atoms with E-state index in [1.807, 2.05) is 0 Å². The highest BCUT2D eigenvalue weighted by atomic mass is 15.0. The number of hydrogen-bond donors (Lipinski definition) is 0. The third-order valence-corrected chi connectivity index (χ3v) is 12.5. The fourth-order valence-electron chi connectivity index (χ4n) is 10.3. The van der Waals surface area contributed by atoms with Crippen molar-refractivity contribution in [2.24, 2.45) is 5.92 Å². The lowest BCUT2D eigenvalue weighted by Gasteiger charge is -2.30. The molecule has 1 aliphatic heterocycles. The molecule has 54 heavy (non-hydrogen) atoms. The smallest absolute Gasteiger partial charge is 0.247 e. The predicted molar refractivity (Wildman–Crippen MR) is 231 cm³/mol. The minimum atomic E-state index is 0.135. The Balaban J connectivity index is 1.24. The Morgan fingerprint density at radius 1 is 0.611 bits per heavy atom. The summed E-state index contributed by atoms with van der Waals surface area (Å²) >= 11 is 0. The summed E-state index contributed by atoms with van der Waals surface area (Å²) in [7, 11) is 0. The molecule has 1 unspecified atom stereocenters. The Bertz CT molecular complexity index is 2930. The van der Waals surface area contributed by atoms with Gasteiger partial charge in [-0.1, -0.05) is 144 Å². The normalized spacial score (nSPS) is 15.9. The van der Waals surface area contributed by atoms with Gasteiger partial charge in [0.15, 0.2) is 0 Å². The maximum atomic E-state index is 2.64. The highest BCUT2D eigenvalue weighted by molar-refractivity contribution is 6.98. The first-order chi connectivity index (χ1) is 26.5. The van der Waals surface area contributed by atoms with Crippen molar-refractivity contribution in [3.8, 4) is 22.5 Å². The molecule has 3 heteroatoms. The minimum absolute atomic E-state index is 0.135. The molecule has 2 aromatic heterocycles. The first kappa shape index (κ1) is 31.5. The molecule has 2 aliphatic carbocycles. The van der Waals surface area contributed by atoms with E-state index in [0.29, 0.717) is 5.92 Å². The second-order valence-electron chi connectivity index (χ2n) is 15.7.